The van der Waals surface area contributed by atoms with E-state index >= 15 is 0 Å². The number of hydrogen-bond donors (Lipinski definition) is 2. The predicted molar refractivity (Wildman–Crippen MR) is 73.0 cm³/mol. The van der Waals surface area contributed by atoms with Gasteiger partial charge in [0.1, 0.15) is 11.6 Å². The smallest absolute Gasteiger partial charge is 0.370 e. The van der Waals surface area contributed by atoms with Gasteiger partial charge in [-0.05, 0) is 6.92 Å². The van der Waals surface area contributed by atoms with Crippen LogP contribution in [0, 0.1) is 0 Å². The Morgan fingerprint density at radius 2 is 1.81 bits per heavy atom. The monoisotopic (exact) mass is 305 g/mol. The molecule has 0 spiro atoms. The standard InChI is InChI=1S/C12H18F3N5O/c1-4-16-8-7-9(17-6-5-10(21)20(2)3)19-11(18-8)12(13,14)15/h7H,4-6H2,1-3H3,(H2,16,17,18,19). The molecule has 0 saturated carbocycles. The van der Waals surface area contributed by atoms with Crippen LogP contribution >= 0.6 is 0 Å². The highest BCUT2D eigenvalue weighted by Gasteiger charge is 2.35. The van der Waals surface area contributed by atoms with Crippen molar-refractivity contribution < 1.29 is 18.0 Å². The number of halogens is 3. The maximum atomic E-state index is 12.7. The van der Waals surface area contributed by atoms with Crippen LogP contribution in [0.2, 0.25) is 0 Å². The van der Waals surface area contributed by atoms with E-state index in [0.717, 1.165) is 0 Å². The Balaban J connectivity index is 2.81. The average Bonchev–Trinajstić information content (AvgIpc) is 2.37. The van der Waals surface area contributed by atoms with Crippen LogP contribution in [-0.4, -0.2) is 48.0 Å². The molecule has 9 heteroatoms. The molecule has 0 aliphatic rings. The summed E-state index contributed by atoms with van der Waals surface area (Å²) in [5.41, 5.74) is 0. The van der Waals surface area contributed by atoms with Crippen molar-refractivity contribution in [1.29, 1.82) is 0 Å². The van der Waals surface area contributed by atoms with E-state index < -0.39 is 12.0 Å². The molecule has 1 aromatic rings. The van der Waals surface area contributed by atoms with E-state index in [1.165, 1.54) is 11.0 Å². The fraction of sp³-hybridized carbons (Fsp3) is 0.583. The Kier molecular flexibility index (Phi) is 5.74. The number of amides is 1. The van der Waals surface area contributed by atoms with E-state index in [2.05, 4.69) is 20.6 Å². The molecule has 0 radical (unpaired) electrons. The molecule has 0 fully saturated rings. The minimum Gasteiger partial charge on any atom is -0.370 e. The number of nitrogens with zero attached hydrogens (tertiary/aromatic N) is 3. The van der Waals surface area contributed by atoms with Crippen LogP contribution in [0.1, 0.15) is 19.2 Å². The van der Waals surface area contributed by atoms with Crippen LogP contribution in [0.5, 0.6) is 0 Å². The largest absolute Gasteiger partial charge is 0.451 e. The predicted octanol–water partition coefficient (Wildman–Crippen LogP) is 1.82. The molecule has 1 amide bonds. The van der Waals surface area contributed by atoms with Crippen molar-refractivity contribution in [2.24, 2.45) is 0 Å². The lowest BCUT2D eigenvalue weighted by Crippen LogP contribution is -2.24. The normalized spacial score (nSPS) is 11.1. The van der Waals surface area contributed by atoms with Crippen molar-refractivity contribution in [1.82, 2.24) is 14.9 Å². The van der Waals surface area contributed by atoms with Crippen LogP contribution in [0.25, 0.3) is 0 Å². The van der Waals surface area contributed by atoms with Crippen LogP contribution in [0.4, 0.5) is 24.8 Å². The fourth-order valence-electron chi connectivity index (χ4n) is 1.46. The molecule has 0 aliphatic carbocycles. The lowest BCUT2D eigenvalue weighted by Gasteiger charge is -2.13. The van der Waals surface area contributed by atoms with Gasteiger partial charge in [0.25, 0.3) is 0 Å². The molecule has 118 valence electrons. The van der Waals surface area contributed by atoms with Crippen molar-refractivity contribution in [3.63, 3.8) is 0 Å². The molecule has 1 aromatic heterocycles. The zero-order valence-electron chi connectivity index (χ0n) is 12.1. The van der Waals surface area contributed by atoms with Crippen molar-refractivity contribution in [3.8, 4) is 0 Å². The molecule has 1 heterocycles. The molecule has 6 nitrogen and oxygen atoms in total. The topological polar surface area (TPSA) is 70.2 Å². The second-order valence-corrected chi connectivity index (χ2v) is 4.46. The molecule has 0 bridgehead atoms. The van der Waals surface area contributed by atoms with Gasteiger partial charge in [-0.25, -0.2) is 9.97 Å². The van der Waals surface area contributed by atoms with Crippen molar-refractivity contribution in [2.75, 3.05) is 37.8 Å². The van der Waals surface area contributed by atoms with Gasteiger partial charge in [-0.15, -0.1) is 0 Å². The second-order valence-electron chi connectivity index (χ2n) is 4.46. The van der Waals surface area contributed by atoms with E-state index in [-0.39, 0.29) is 30.5 Å². The first-order chi connectivity index (χ1) is 9.74. The van der Waals surface area contributed by atoms with Gasteiger partial charge in [-0.3, -0.25) is 4.79 Å². The van der Waals surface area contributed by atoms with Gasteiger partial charge in [-0.1, -0.05) is 0 Å². The Hall–Kier alpha value is -2.06. The number of nitrogens with one attached hydrogen (secondary N) is 2. The minimum absolute atomic E-state index is 0.0276. The third-order valence-electron chi connectivity index (χ3n) is 2.48. The first kappa shape index (κ1) is 17.0. The number of aromatic nitrogens is 2. The van der Waals surface area contributed by atoms with Crippen molar-refractivity contribution in [2.45, 2.75) is 19.5 Å². The number of rotatable bonds is 6. The summed E-state index contributed by atoms with van der Waals surface area (Å²) >= 11 is 0. The summed E-state index contributed by atoms with van der Waals surface area (Å²) in [6.45, 7) is 2.38. The molecule has 1 rings (SSSR count). The van der Waals surface area contributed by atoms with Crippen molar-refractivity contribution >= 4 is 17.5 Å². The van der Waals surface area contributed by atoms with Crippen LogP contribution in [-0.2, 0) is 11.0 Å². The summed E-state index contributed by atoms with van der Waals surface area (Å²) < 4.78 is 38.1. The average molecular weight is 305 g/mol. The number of carbonyl (C=O) groups excluding carboxylic acids is 1. The Morgan fingerprint density at radius 3 is 2.29 bits per heavy atom. The van der Waals surface area contributed by atoms with E-state index in [9.17, 15) is 18.0 Å². The second kappa shape index (κ2) is 7.09. The fourth-order valence-corrected chi connectivity index (χ4v) is 1.46. The zero-order valence-corrected chi connectivity index (χ0v) is 12.1. The number of alkyl halides is 3. The van der Waals surface area contributed by atoms with Crippen LogP contribution in [0.15, 0.2) is 6.07 Å². The number of anilines is 2. The van der Waals surface area contributed by atoms with E-state index in [1.54, 1.807) is 21.0 Å². The maximum absolute atomic E-state index is 12.7. The van der Waals surface area contributed by atoms with Gasteiger partial charge < -0.3 is 15.5 Å². The van der Waals surface area contributed by atoms with Crippen LogP contribution < -0.4 is 10.6 Å². The minimum atomic E-state index is -4.62. The molecule has 2 N–H and O–H groups in total. The van der Waals surface area contributed by atoms with Crippen molar-refractivity contribution in [3.05, 3.63) is 11.9 Å². The highest BCUT2D eigenvalue weighted by atomic mass is 19.4. The summed E-state index contributed by atoms with van der Waals surface area (Å²) in [6.07, 6.45) is -4.46. The van der Waals surface area contributed by atoms with Gasteiger partial charge in [-0.2, -0.15) is 13.2 Å². The summed E-state index contributed by atoms with van der Waals surface area (Å²) in [7, 11) is 3.22. The molecular weight excluding hydrogens is 287 g/mol. The molecule has 0 unspecified atom stereocenters. The first-order valence-corrected chi connectivity index (χ1v) is 6.38. The highest BCUT2D eigenvalue weighted by molar-refractivity contribution is 5.76. The molecular formula is C12H18F3N5O. The third-order valence-corrected chi connectivity index (χ3v) is 2.48. The summed E-state index contributed by atoms with van der Waals surface area (Å²) in [5.74, 6) is -1.23. The summed E-state index contributed by atoms with van der Waals surface area (Å²) in [6, 6.07) is 1.37. The zero-order chi connectivity index (χ0) is 16.0. The van der Waals surface area contributed by atoms with Gasteiger partial charge in [0.2, 0.25) is 11.7 Å². The lowest BCUT2D eigenvalue weighted by atomic mass is 10.3. The highest BCUT2D eigenvalue weighted by Crippen LogP contribution is 2.28. The molecule has 21 heavy (non-hydrogen) atoms. The van der Waals surface area contributed by atoms with Gasteiger partial charge in [0.05, 0.1) is 0 Å². The van der Waals surface area contributed by atoms with Gasteiger partial charge in [0, 0.05) is 39.7 Å². The quantitative estimate of drug-likeness (QED) is 0.839. The molecule has 0 saturated heterocycles. The maximum Gasteiger partial charge on any atom is 0.451 e. The lowest BCUT2D eigenvalue weighted by molar-refractivity contribution is -0.144. The van der Waals surface area contributed by atoms with E-state index in [0.29, 0.717) is 6.54 Å². The first-order valence-electron chi connectivity index (χ1n) is 6.38. The van der Waals surface area contributed by atoms with E-state index in [1.807, 2.05) is 0 Å². The molecule has 0 aliphatic heterocycles. The number of carbonyl (C=O) groups is 1. The third kappa shape index (κ3) is 5.44. The summed E-state index contributed by atoms with van der Waals surface area (Å²) in [5, 5.41) is 5.41. The summed E-state index contributed by atoms with van der Waals surface area (Å²) in [4.78, 5) is 19.6. The van der Waals surface area contributed by atoms with Gasteiger partial charge in [0.15, 0.2) is 0 Å². The Labute approximate surface area is 120 Å². The Morgan fingerprint density at radius 1 is 1.24 bits per heavy atom. The van der Waals surface area contributed by atoms with Crippen LogP contribution in [0.3, 0.4) is 0 Å². The molecule has 0 aromatic carbocycles. The van der Waals surface area contributed by atoms with Gasteiger partial charge >= 0.3 is 6.18 Å². The molecule has 0 atom stereocenters. The Bertz CT molecular complexity index is 490. The SMILES string of the molecule is CCNc1cc(NCCC(=O)N(C)C)nc(C(F)(F)F)n1. The van der Waals surface area contributed by atoms with E-state index in [4.69, 9.17) is 0 Å². The number of hydrogen-bond acceptors (Lipinski definition) is 5.